The first-order chi connectivity index (χ1) is 7.95. The standard InChI is InChI=1S/C11H17N3O3/c1-4-5-9(11(16)17)12-10(15)8-6-14(3)13-7(8)2/h6,9H,4-5H2,1-3H3,(H,12,15)(H,16,17)/t9-/m0/s1. The third-order valence-corrected chi connectivity index (χ3v) is 2.44. The van der Waals surface area contributed by atoms with Crippen LogP contribution in [0.3, 0.4) is 0 Å². The van der Waals surface area contributed by atoms with Crippen LogP contribution in [-0.4, -0.2) is 32.8 Å². The first-order valence-corrected chi connectivity index (χ1v) is 5.49. The summed E-state index contributed by atoms with van der Waals surface area (Å²) >= 11 is 0. The minimum absolute atomic E-state index is 0.392. The van der Waals surface area contributed by atoms with Gasteiger partial charge in [0.1, 0.15) is 6.04 Å². The van der Waals surface area contributed by atoms with E-state index in [1.807, 2.05) is 6.92 Å². The van der Waals surface area contributed by atoms with E-state index < -0.39 is 17.9 Å². The highest BCUT2D eigenvalue weighted by Gasteiger charge is 2.21. The average molecular weight is 239 g/mol. The molecule has 0 saturated heterocycles. The van der Waals surface area contributed by atoms with Crippen LogP contribution in [0.2, 0.25) is 0 Å². The van der Waals surface area contributed by atoms with Gasteiger partial charge in [-0.3, -0.25) is 9.48 Å². The summed E-state index contributed by atoms with van der Waals surface area (Å²) < 4.78 is 1.53. The summed E-state index contributed by atoms with van der Waals surface area (Å²) in [6, 6.07) is -0.841. The maximum Gasteiger partial charge on any atom is 0.326 e. The summed E-state index contributed by atoms with van der Waals surface area (Å²) in [5.74, 6) is -1.40. The quantitative estimate of drug-likeness (QED) is 0.792. The number of nitrogens with zero attached hydrogens (tertiary/aromatic N) is 2. The van der Waals surface area contributed by atoms with Crippen LogP contribution in [0.5, 0.6) is 0 Å². The molecule has 0 fully saturated rings. The molecule has 0 aliphatic carbocycles. The number of carbonyl (C=O) groups is 2. The highest BCUT2D eigenvalue weighted by molar-refractivity contribution is 5.97. The van der Waals surface area contributed by atoms with Gasteiger partial charge in [-0.1, -0.05) is 13.3 Å². The molecule has 1 atom stereocenters. The third kappa shape index (κ3) is 3.30. The van der Waals surface area contributed by atoms with Crippen molar-refractivity contribution in [2.75, 3.05) is 0 Å². The molecule has 1 aromatic heterocycles. The van der Waals surface area contributed by atoms with Crippen LogP contribution < -0.4 is 5.32 Å². The molecule has 0 radical (unpaired) electrons. The molecule has 0 aliphatic heterocycles. The number of carboxylic acid groups (broad SMARTS) is 1. The Labute approximate surface area is 99.6 Å². The van der Waals surface area contributed by atoms with Gasteiger partial charge in [0, 0.05) is 13.2 Å². The Balaban J connectivity index is 2.77. The lowest BCUT2D eigenvalue weighted by atomic mass is 10.1. The van der Waals surface area contributed by atoms with E-state index in [1.165, 1.54) is 4.68 Å². The fourth-order valence-corrected chi connectivity index (χ4v) is 1.60. The molecule has 6 heteroatoms. The van der Waals surface area contributed by atoms with Crippen molar-refractivity contribution in [3.8, 4) is 0 Å². The zero-order chi connectivity index (χ0) is 13.0. The molecule has 1 aromatic rings. The Kier molecular flexibility index (Phi) is 4.25. The molecular formula is C11H17N3O3. The van der Waals surface area contributed by atoms with Gasteiger partial charge >= 0.3 is 5.97 Å². The molecule has 2 N–H and O–H groups in total. The summed E-state index contributed by atoms with van der Waals surface area (Å²) in [5, 5.41) is 15.5. The van der Waals surface area contributed by atoms with E-state index in [0.29, 0.717) is 24.1 Å². The largest absolute Gasteiger partial charge is 0.480 e. The second kappa shape index (κ2) is 5.47. The Hall–Kier alpha value is -1.85. The molecule has 0 spiro atoms. The van der Waals surface area contributed by atoms with Gasteiger partial charge in [0.05, 0.1) is 11.3 Å². The number of carboxylic acids is 1. The zero-order valence-corrected chi connectivity index (χ0v) is 10.2. The molecule has 0 bridgehead atoms. The van der Waals surface area contributed by atoms with Crippen molar-refractivity contribution in [3.05, 3.63) is 17.5 Å². The van der Waals surface area contributed by atoms with Crippen molar-refractivity contribution in [1.29, 1.82) is 0 Å². The molecule has 1 amide bonds. The highest BCUT2D eigenvalue weighted by Crippen LogP contribution is 2.06. The molecule has 6 nitrogen and oxygen atoms in total. The number of carbonyl (C=O) groups excluding carboxylic acids is 1. The normalized spacial score (nSPS) is 12.2. The van der Waals surface area contributed by atoms with Crippen molar-refractivity contribution in [1.82, 2.24) is 15.1 Å². The second-order valence-corrected chi connectivity index (χ2v) is 3.95. The van der Waals surface area contributed by atoms with E-state index in [-0.39, 0.29) is 0 Å². The third-order valence-electron chi connectivity index (χ3n) is 2.44. The first-order valence-electron chi connectivity index (χ1n) is 5.49. The summed E-state index contributed by atoms with van der Waals surface area (Å²) in [5.41, 5.74) is 1.00. The number of nitrogens with one attached hydrogen (secondary N) is 1. The molecule has 1 rings (SSSR count). The number of amides is 1. The van der Waals surface area contributed by atoms with Crippen LogP contribution in [0.1, 0.15) is 35.8 Å². The highest BCUT2D eigenvalue weighted by atomic mass is 16.4. The molecule has 0 saturated carbocycles. The Bertz CT molecular complexity index is 426. The van der Waals surface area contributed by atoms with Crippen molar-refractivity contribution >= 4 is 11.9 Å². The molecule has 0 aliphatic rings. The van der Waals surface area contributed by atoms with Gasteiger partial charge in [-0.25, -0.2) is 4.79 Å². The minimum Gasteiger partial charge on any atom is -0.480 e. The lowest BCUT2D eigenvalue weighted by Crippen LogP contribution is -2.40. The van der Waals surface area contributed by atoms with E-state index in [2.05, 4.69) is 10.4 Å². The SMILES string of the molecule is CCC[C@H](NC(=O)c1cn(C)nc1C)C(=O)O. The minimum atomic E-state index is -1.01. The van der Waals surface area contributed by atoms with Gasteiger partial charge in [-0.15, -0.1) is 0 Å². The van der Waals surface area contributed by atoms with Crippen molar-refractivity contribution in [2.24, 2.45) is 7.05 Å². The van der Waals surface area contributed by atoms with Crippen LogP contribution in [0.25, 0.3) is 0 Å². The van der Waals surface area contributed by atoms with Gasteiger partial charge in [-0.05, 0) is 13.3 Å². The van der Waals surface area contributed by atoms with Gasteiger partial charge in [0.2, 0.25) is 0 Å². The van der Waals surface area contributed by atoms with Crippen LogP contribution in [-0.2, 0) is 11.8 Å². The molecule has 0 aromatic carbocycles. The van der Waals surface area contributed by atoms with Gasteiger partial charge in [0.15, 0.2) is 0 Å². The van der Waals surface area contributed by atoms with E-state index >= 15 is 0 Å². The molecule has 17 heavy (non-hydrogen) atoms. The van der Waals surface area contributed by atoms with Crippen molar-refractivity contribution < 1.29 is 14.7 Å². The molecule has 94 valence electrons. The predicted octanol–water partition coefficient (Wildman–Crippen LogP) is 0.712. The number of aromatic nitrogens is 2. The number of hydrogen-bond acceptors (Lipinski definition) is 3. The maximum atomic E-state index is 11.8. The van der Waals surface area contributed by atoms with Crippen LogP contribution in [0, 0.1) is 6.92 Å². The Morgan fingerprint density at radius 1 is 1.59 bits per heavy atom. The first kappa shape index (κ1) is 13.2. The molecule has 1 heterocycles. The fourth-order valence-electron chi connectivity index (χ4n) is 1.60. The second-order valence-electron chi connectivity index (χ2n) is 3.95. The van der Waals surface area contributed by atoms with Gasteiger partial charge in [-0.2, -0.15) is 5.10 Å². The van der Waals surface area contributed by atoms with E-state index in [0.717, 1.165) is 0 Å². The van der Waals surface area contributed by atoms with Gasteiger partial charge in [0.25, 0.3) is 5.91 Å². The van der Waals surface area contributed by atoms with Crippen LogP contribution >= 0.6 is 0 Å². The van der Waals surface area contributed by atoms with E-state index in [1.54, 1.807) is 20.2 Å². The van der Waals surface area contributed by atoms with Crippen LogP contribution in [0.15, 0.2) is 6.20 Å². The number of hydrogen-bond donors (Lipinski definition) is 2. The monoisotopic (exact) mass is 239 g/mol. The lowest BCUT2D eigenvalue weighted by Gasteiger charge is -2.12. The summed E-state index contributed by atoms with van der Waals surface area (Å²) in [7, 11) is 1.71. The van der Waals surface area contributed by atoms with Crippen LogP contribution in [0.4, 0.5) is 0 Å². The summed E-state index contributed by atoms with van der Waals surface area (Å²) in [6.45, 7) is 3.59. The predicted molar refractivity (Wildman–Crippen MR) is 61.7 cm³/mol. The summed E-state index contributed by atoms with van der Waals surface area (Å²) in [4.78, 5) is 22.8. The number of rotatable bonds is 5. The average Bonchev–Trinajstić information content (AvgIpc) is 2.57. The van der Waals surface area contributed by atoms with E-state index in [4.69, 9.17) is 5.11 Å². The zero-order valence-electron chi connectivity index (χ0n) is 10.2. The number of aryl methyl sites for hydroxylation is 2. The number of aliphatic carboxylic acids is 1. The van der Waals surface area contributed by atoms with Crippen molar-refractivity contribution in [2.45, 2.75) is 32.7 Å². The summed E-state index contributed by atoms with van der Waals surface area (Å²) in [6.07, 6.45) is 2.69. The lowest BCUT2D eigenvalue weighted by molar-refractivity contribution is -0.139. The van der Waals surface area contributed by atoms with E-state index in [9.17, 15) is 9.59 Å². The fraction of sp³-hybridized carbons (Fsp3) is 0.545. The smallest absolute Gasteiger partial charge is 0.326 e. The maximum absolute atomic E-state index is 11.8. The Morgan fingerprint density at radius 2 is 2.24 bits per heavy atom. The molecular weight excluding hydrogens is 222 g/mol. The van der Waals surface area contributed by atoms with Gasteiger partial charge < -0.3 is 10.4 Å². The Morgan fingerprint density at radius 3 is 2.65 bits per heavy atom. The molecule has 0 unspecified atom stereocenters. The topological polar surface area (TPSA) is 84.2 Å². The van der Waals surface area contributed by atoms with Crippen molar-refractivity contribution in [3.63, 3.8) is 0 Å².